The maximum Gasteiger partial charge on any atom is 0.343 e. The van der Waals surface area contributed by atoms with Gasteiger partial charge in [-0.2, -0.15) is 0 Å². The fraction of sp³-hybridized carbons (Fsp3) is 0.414. The molecule has 180 valence electrons. The Morgan fingerprint density at radius 2 is 1.32 bits per heavy atom. The molecule has 3 aromatic rings. The van der Waals surface area contributed by atoms with Gasteiger partial charge in [-0.1, -0.05) is 64.7 Å². The van der Waals surface area contributed by atoms with Crippen LogP contribution in [0.1, 0.15) is 87.1 Å². The van der Waals surface area contributed by atoms with Crippen LogP contribution in [-0.4, -0.2) is 15.9 Å². The largest absolute Gasteiger partial charge is 0.423 e. The number of carbonyl (C=O) groups excluding carboxylic acids is 1. The van der Waals surface area contributed by atoms with Gasteiger partial charge in [0.15, 0.2) is 5.82 Å². The Balaban J connectivity index is 1.38. The molecule has 1 aromatic heterocycles. The monoisotopic (exact) mass is 462 g/mol. The molecule has 5 heteroatoms. The highest BCUT2D eigenvalue weighted by molar-refractivity contribution is 5.91. The van der Waals surface area contributed by atoms with Crippen LogP contribution in [0.25, 0.3) is 11.4 Å². The molecule has 1 heterocycles. The highest BCUT2D eigenvalue weighted by Gasteiger charge is 2.09. The molecule has 0 aliphatic carbocycles. The van der Waals surface area contributed by atoms with Crippen molar-refractivity contribution in [3.8, 4) is 17.1 Å². The van der Waals surface area contributed by atoms with Crippen molar-refractivity contribution in [1.82, 2.24) is 9.97 Å². The average molecular weight is 463 g/mol. The van der Waals surface area contributed by atoms with Crippen molar-refractivity contribution in [3.05, 3.63) is 77.9 Å². The molecular formula is C29H35FN2O2. The number of nitrogens with zero attached hydrogens (tertiary/aromatic N) is 2. The molecule has 0 aliphatic rings. The fourth-order valence-corrected chi connectivity index (χ4v) is 3.87. The lowest BCUT2D eigenvalue weighted by Gasteiger charge is -2.06. The lowest BCUT2D eigenvalue weighted by Crippen LogP contribution is -2.08. The highest BCUT2D eigenvalue weighted by Crippen LogP contribution is 2.21. The van der Waals surface area contributed by atoms with E-state index in [4.69, 9.17) is 4.74 Å². The highest BCUT2D eigenvalue weighted by atomic mass is 19.1. The van der Waals surface area contributed by atoms with E-state index in [1.54, 1.807) is 12.1 Å². The third-order valence-electron chi connectivity index (χ3n) is 5.93. The minimum absolute atomic E-state index is 0.298. The number of esters is 1. The zero-order valence-electron chi connectivity index (χ0n) is 20.1. The van der Waals surface area contributed by atoms with E-state index >= 15 is 0 Å². The molecule has 2 aromatic carbocycles. The van der Waals surface area contributed by atoms with Gasteiger partial charge in [0.25, 0.3) is 0 Å². The molecule has 3 rings (SSSR count). The van der Waals surface area contributed by atoms with Gasteiger partial charge in [-0.25, -0.2) is 19.2 Å². The number of aryl methyl sites for hydroxylation is 1. The first-order chi connectivity index (χ1) is 16.7. The summed E-state index contributed by atoms with van der Waals surface area (Å²) in [6.07, 6.45) is 18.1. The van der Waals surface area contributed by atoms with Crippen molar-refractivity contribution in [3.63, 3.8) is 0 Å². The van der Waals surface area contributed by atoms with Crippen molar-refractivity contribution < 1.29 is 13.9 Å². The molecule has 4 nitrogen and oxygen atoms in total. The lowest BCUT2D eigenvalue weighted by atomic mass is 10.0. The number of unbranched alkanes of at least 4 members (excludes halogenated alkanes) is 9. The minimum Gasteiger partial charge on any atom is -0.423 e. The molecule has 0 saturated carbocycles. The zero-order chi connectivity index (χ0) is 24.0. The van der Waals surface area contributed by atoms with E-state index in [1.165, 1.54) is 88.5 Å². The first-order valence-electron chi connectivity index (χ1n) is 12.5. The molecule has 0 aliphatic heterocycles. The maximum absolute atomic E-state index is 13.0. The number of rotatable bonds is 14. The molecule has 0 N–H and O–H groups in total. The smallest absolute Gasteiger partial charge is 0.343 e. The van der Waals surface area contributed by atoms with Crippen LogP contribution >= 0.6 is 0 Å². The normalized spacial score (nSPS) is 10.9. The quantitative estimate of drug-likeness (QED) is 0.138. The SMILES string of the molecule is CCCCCCCCCCCCc1cnc(-c2ccc(OC(=O)c3ccc(F)cc3)cc2)nc1. The van der Waals surface area contributed by atoms with E-state index in [0.29, 0.717) is 17.1 Å². The Labute approximate surface area is 202 Å². The van der Waals surface area contributed by atoms with Gasteiger partial charge in [-0.15, -0.1) is 0 Å². The summed E-state index contributed by atoms with van der Waals surface area (Å²) in [6.45, 7) is 2.26. The number of halogens is 1. The Hall–Kier alpha value is -3.08. The minimum atomic E-state index is -0.527. The molecule has 0 unspecified atom stereocenters. The molecular weight excluding hydrogens is 427 g/mol. The number of ether oxygens (including phenoxy) is 1. The van der Waals surface area contributed by atoms with Gasteiger partial charge < -0.3 is 4.74 Å². The van der Waals surface area contributed by atoms with Gasteiger partial charge in [-0.3, -0.25) is 0 Å². The van der Waals surface area contributed by atoms with Crippen LogP contribution in [0.4, 0.5) is 4.39 Å². The standard InChI is InChI=1S/C29H35FN2O2/c1-2-3-4-5-6-7-8-9-10-11-12-23-21-31-28(32-22-23)24-15-19-27(20-16-24)34-29(33)25-13-17-26(30)18-14-25/h13-22H,2-12H2,1H3. The van der Waals surface area contributed by atoms with Crippen molar-refractivity contribution in [2.75, 3.05) is 0 Å². The van der Waals surface area contributed by atoms with E-state index in [2.05, 4.69) is 16.9 Å². The summed E-state index contributed by atoms with van der Waals surface area (Å²) in [4.78, 5) is 21.2. The summed E-state index contributed by atoms with van der Waals surface area (Å²) < 4.78 is 18.4. The predicted octanol–water partition coefficient (Wildman–Crippen LogP) is 7.97. The summed E-state index contributed by atoms with van der Waals surface area (Å²) >= 11 is 0. The number of carbonyl (C=O) groups is 1. The predicted molar refractivity (Wildman–Crippen MR) is 134 cm³/mol. The van der Waals surface area contributed by atoms with Crippen LogP contribution < -0.4 is 4.74 Å². The van der Waals surface area contributed by atoms with Crippen LogP contribution in [-0.2, 0) is 6.42 Å². The molecule has 0 saturated heterocycles. The third kappa shape index (κ3) is 8.69. The van der Waals surface area contributed by atoms with Crippen LogP contribution in [0.15, 0.2) is 60.9 Å². The van der Waals surface area contributed by atoms with Crippen molar-refractivity contribution >= 4 is 5.97 Å². The van der Waals surface area contributed by atoms with Crippen LogP contribution in [0, 0.1) is 5.82 Å². The number of hydrogen-bond acceptors (Lipinski definition) is 4. The summed E-state index contributed by atoms with van der Waals surface area (Å²) in [5, 5.41) is 0. The van der Waals surface area contributed by atoms with E-state index in [0.717, 1.165) is 17.5 Å². The second-order valence-electron chi connectivity index (χ2n) is 8.77. The number of aromatic nitrogens is 2. The zero-order valence-corrected chi connectivity index (χ0v) is 20.1. The Bertz CT molecular complexity index is 986. The lowest BCUT2D eigenvalue weighted by molar-refractivity contribution is 0.0734. The molecule has 34 heavy (non-hydrogen) atoms. The summed E-state index contributed by atoms with van der Waals surface area (Å²) in [7, 11) is 0. The van der Waals surface area contributed by atoms with Crippen molar-refractivity contribution in [2.45, 2.75) is 77.6 Å². The molecule has 0 radical (unpaired) electrons. The van der Waals surface area contributed by atoms with E-state index in [-0.39, 0.29) is 0 Å². The van der Waals surface area contributed by atoms with Gasteiger partial charge in [0.05, 0.1) is 5.56 Å². The fourth-order valence-electron chi connectivity index (χ4n) is 3.87. The third-order valence-corrected chi connectivity index (χ3v) is 5.93. The van der Waals surface area contributed by atoms with Gasteiger partial charge in [0.2, 0.25) is 0 Å². The number of benzene rings is 2. The number of hydrogen-bond donors (Lipinski definition) is 0. The van der Waals surface area contributed by atoms with Gasteiger partial charge >= 0.3 is 5.97 Å². The van der Waals surface area contributed by atoms with Gasteiger partial charge in [0.1, 0.15) is 11.6 Å². The molecule has 0 amide bonds. The maximum atomic E-state index is 13.0. The van der Waals surface area contributed by atoms with Crippen molar-refractivity contribution in [1.29, 1.82) is 0 Å². The van der Waals surface area contributed by atoms with Crippen molar-refractivity contribution in [2.24, 2.45) is 0 Å². The van der Waals surface area contributed by atoms with E-state index < -0.39 is 11.8 Å². The van der Waals surface area contributed by atoms with Gasteiger partial charge in [0, 0.05) is 18.0 Å². The molecule has 0 atom stereocenters. The second-order valence-corrected chi connectivity index (χ2v) is 8.77. The van der Waals surface area contributed by atoms with Crippen LogP contribution in [0.3, 0.4) is 0 Å². The second kappa shape index (κ2) is 14.2. The average Bonchev–Trinajstić information content (AvgIpc) is 2.86. The Morgan fingerprint density at radius 3 is 1.91 bits per heavy atom. The van der Waals surface area contributed by atoms with E-state index in [9.17, 15) is 9.18 Å². The van der Waals surface area contributed by atoms with Crippen LogP contribution in [0.2, 0.25) is 0 Å². The Morgan fingerprint density at radius 1 is 0.765 bits per heavy atom. The molecule has 0 bridgehead atoms. The van der Waals surface area contributed by atoms with Crippen LogP contribution in [0.5, 0.6) is 5.75 Å². The topological polar surface area (TPSA) is 52.1 Å². The molecule has 0 spiro atoms. The van der Waals surface area contributed by atoms with Gasteiger partial charge in [-0.05, 0) is 66.9 Å². The van der Waals surface area contributed by atoms with E-state index in [1.807, 2.05) is 24.5 Å². The summed E-state index contributed by atoms with van der Waals surface area (Å²) in [5.74, 6) is 0.134. The summed E-state index contributed by atoms with van der Waals surface area (Å²) in [5.41, 5.74) is 2.31. The molecule has 0 fully saturated rings. The first kappa shape index (κ1) is 25.5. The Kier molecular flexibility index (Phi) is 10.7. The summed E-state index contributed by atoms with van der Waals surface area (Å²) in [6, 6.07) is 12.3. The first-order valence-corrected chi connectivity index (χ1v) is 12.5.